The van der Waals surface area contributed by atoms with Crippen molar-refractivity contribution >= 4 is 40.4 Å². The fourth-order valence-corrected chi connectivity index (χ4v) is 7.48. The second-order valence-electron chi connectivity index (χ2n) is 12.1. The van der Waals surface area contributed by atoms with Crippen LogP contribution in [0.4, 0.5) is 17.1 Å². The van der Waals surface area contributed by atoms with Crippen LogP contribution in [0.2, 0.25) is 0 Å². The molecule has 3 aromatic rings. The molecule has 2 amide bonds. The first-order valence-corrected chi connectivity index (χ1v) is 15.2. The number of imide groups is 1. The van der Waals surface area contributed by atoms with E-state index in [0.717, 1.165) is 16.9 Å². The lowest BCUT2D eigenvalue weighted by atomic mass is 9.59. The van der Waals surface area contributed by atoms with Crippen molar-refractivity contribution in [2.24, 2.45) is 17.8 Å². The number of anilines is 3. The van der Waals surface area contributed by atoms with Crippen LogP contribution in [0.25, 0.3) is 0 Å². The topological polar surface area (TPSA) is 122 Å². The number of amides is 2. The van der Waals surface area contributed by atoms with Crippen molar-refractivity contribution in [1.29, 1.82) is 0 Å². The Morgan fingerprint density at radius 2 is 1.50 bits per heavy atom. The first kappa shape index (κ1) is 29.3. The van der Waals surface area contributed by atoms with Gasteiger partial charge in [-0.1, -0.05) is 29.8 Å². The molecule has 0 bridgehead atoms. The van der Waals surface area contributed by atoms with Crippen LogP contribution in [0.3, 0.4) is 0 Å². The van der Waals surface area contributed by atoms with Gasteiger partial charge in [0.1, 0.15) is 0 Å². The molecule has 0 unspecified atom stereocenters. The predicted molar refractivity (Wildman–Crippen MR) is 171 cm³/mol. The number of hydrogen-bond acceptors (Lipinski definition) is 8. The van der Waals surface area contributed by atoms with Gasteiger partial charge in [-0.15, -0.1) is 0 Å². The van der Waals surface area contributed by atoms with Gasteiger partial charge in [-0.05, 0) is 85.9 Å². The van der Waals surface area contributed by atoms with Gasteiger partial charge in [-0.3, -0.25) is 24.1 Å². The number of ether oxygens (including phenoxy) is 2. The van der Waals surface area contributed by atoms with Crippen LogP contribution in [-0.2, 0) is 19.2 Å². The van der Waals surface area contributed by atoms with Gasteiger partial charge in [0, 0.05) is 34.0 Å². The number of phenolic OH excluding ortho intramolecular Hbond substituents is 1. The number of para-hydroxylation sites is 1. The molecule has 0 spiro atoms. The standard InChI is InChI=1S/C37H32N2O7/c1-19-15-28(40)33-27(34(19)41)18-26-24(31(33)20-16-29(45-2)35(42)30(17-20)46-3)13-14-25-32(26)37(44)39(36(25)43)23-11-9-22(10-12-23)38-21-7-5-4-6-8-21/h4-13,15-17,25-26,31-32,38,42H,14,18H2,1-3H3/t25-,26+,31-,32-/m0/s1. The van der Waals surface area contributed by atoms with E-state index in [2.05, 4.69) is 5.32 Å². The Kier molecular flexibility index (Phi) is 7.11. The number of nitrogens with one attached hydrogen (secondary N) is 1. The average Bonchev–Trinajstić information content (AvgIpc) is 3.33. The van der Waals surface area contributed by atoms with Gasteiger partial charge in [-0.25, -0.2) is 0 Å². The third-order valence-electron chi connectivity index (χ3n) is 9.59. The van der Waals surface area contributed by atoms with Crippen molar-refractivity contribution in [2.45, 2.75) is 25.7 Å². The highest BCUT2D eigenvalue weighted by Crippen LogP contribution is 2.56. The van der Waals surface area contributed by atoms with E-state index >= 15 is 0 Å². The summed E-state index contributed by atoms with van der Waals surface area (Å²) in [6, 6.07) is 20.1. The number of fused-ring (bicyclic) bond motifs is 3. The number of benzene rings is 3. The minimum atomic E-state index is -0.707. The number of Topliss-reactive ketones (excluding diaryl/α,β-unsaturated/α-hetero) is 1. The van der Waals surface area contributed by atoms with Gasteiger partial charge in [-0.2, -0.15) is 0 Å². The number of methoxy groups -OCH3 is 2. The molecule has 0 radical (unpaired) electrons. The first-order valence-electron chi connectivity index (χ1n) is 15.2. The maximum atomic E-state index is 14.3. The van der Waals surface area contributed by atoms with E-state index in [1.54, 1.807) is 31.2 Å². The van der Waals surface area contributed by atoms with E-state index in [4.69, 9.17) is 9.47 Å². The third-order valence-corrected chi connectivity index (χ3v) is 9.59. The molecule has 1 heterocycles. The molecule has 1 saturated heterocycles. The van der Waals surface area contributed by atoms with Crippen molar-refractivity contribution in [2.75, 3.05) is 24.4 Å². The van der Waals surface area contributed by atoms with Gasteiger partial charge < -0.3 is 19.9 Å². The van der Waals surface area contributed by atoms with Crippen molar-refractivity contribution in [3.05, 3.63) is 107 Å². The molecule has 46 heavy (non-hydrogen) atoms. The van der Waals surface area contributed by atoms with Crippen molar-refractivity contribution in [3.8, 4) is 17.2 Å². The molecule has 3 aromatic carbocycles. The molecule has 9 nitrogen and oxygen atoms in total. The molecule has 1 aliphatic heterocycles. The van der Waals surface area contributed by atoms with E-state index in [1.807, 2.05) is 48.5 Å². The third kappa shape index (κ3) is 4.53. The van der Waals surface area contributed by atoms with Crippen molar-refractivity contribution in [3.63, 3.8) is 0 Å². The second kappa shape index (κ2) is 11.2. The molecular formula is C37H32N2O7. The fraction of sp³-hybridized carbons (Fsp3) is 0.243. The van der Waals surface area contributed by atoms with Crippen molar-refractivity contribution < 1.29 is 33.8 Å². The molecule has 1 fully saturated rings. The summed E-state index contributed by atoms with van der Waals surface area (Å²) in [7, 11) is 2.83. The van der Waals surface area contributed by atoms with E-state index in [0.29, 0.717) is 34.4 Å². The predicted octanol–water partition coefficient (Wildman–Crippen LogP) is 5.79. The normalized spacial score (nSPS) is 23.8. The summed E-state index contributed by atoms with van der Waals surface area (Å²) < 4.78 is 10.8. The number of allylic oxidation sites excluding steroid dienone is 6. The lowest BCUT2D eigenvalue weighted by Gasteiger charge is -2.42. The summed E-state index contributed by atoms with van der Waals surface area (Å²) >= 11 is 0. The van der Waals surface area contributed by atoms with E-state index in [1.165, 1.54) is 25.2 Å². The maximum Gasteiger partial charge on any atom is 0.238 e. The number of ketones is 2. The Morgan fingerprint density at radius 3 is 2.15 bits per heavy atom. The molecule has 4 aliphatic rings. The Bertz CT molecular complexity index is 1880. The maximum absolute atomic E-state index is 14.3. The highest BCUT2D eigenvalue weighted by atomic mass is 16.5. The minimum absolute atomic E-state index is 0.151. The summed E-state index contributed by atoms with van der Waals surface area (Å²) in [5.41, 5.74) is 4.63. The summed E-state index contributed by atoms with van der Waals surface area (Å²) in [6.45, 7) is 1.61. The lowest BCUT2D eigenvalue weighted by molar-refractivity contribution is -0.123. The van der Waals surface area contributed by atoms with Gasteiger partial charge in [0.05, 0.1) is 31.7 Å². The number of nitrogens with zero attached hydrogens (tertiary/aromatic N) is 1. The zero-order chi connectivity index (χ0) is 32.3. The highest BCUT2D eigenvalue weighted by molar-refractivity contribution is 6.25. The van der Waals surface area contributed by atoms with Gasteiger partial charge >= 0.3 is 0 Å². The van der Waals surface area contributed by atoms with Crippen LogP contribution in [0.15, 0.2) is 101 Å². The Hall–Kier alpha value is -5.44. The molecule has 232 valence electrons. The first-order chi connectivity index (χ1) is 22.2. The number of carbonyl (C=O) groups excluding carboxylic acids is 4. The van der Waals surface area contributed by atoms with Crippen LogP contribution >= 0.6 is 0 Å². The molecule has 9 heteroatoms. The Labute approximate surface area is 265 Å². The zero-order valence-electron chi connectivity index (χ0n) is 25.6. The summed E-state index contributed by atoms with van der Waals surface area (Å²) in [5, 5.41) is 13.9. The Balaban J connectivity index is 1.28. The van der Waals surface area contributed by atoms with E-state index in [-0.39, 0.29) is 47.1 Å². The zero-order valence-corrected chi connectivity index (χ0v) is 25.6. The van der Waals surface area contributed by atoms with Crippen LogP contribution in [0, 0.1) is 17.8 Å². The number of hydrogen-bond donors (Lipinski definition) is 2. The largest absolute Gasteiger partial charge is 0.502 e. The van der Waals surface area contributed by atoms with Crippen LogP contribution in [0.1, 0.15) is 31.2 Å². The highest BCUT2D eigenvalue weighted by Gasteiger charge is 2.56. The van der Waals surface area contributed by atoms with Gasteiger partial charge in [0.15, 0.2) is 23.1 Å². The van der Waals surface area contributed by atoms with E-state index < -0.39 is 23.7 Å². The average molecular weight is 617 g/mol. The number of rotatable bonds is 6. The smallest absolute Gasteiger partial charge is 0.238 e. The van der Waals surface area contributed by atoms with Gasteiger partial charge in [0.2, 0.25) is 17.6 Å². The number of phenols is 1. The SMILES string of the molecule is COc1cc([C@H]2C3=CC[C@@H]4C(=O)N(c5ccc(Nc6ccccc6)cc5)C(=O)[C@@H]4[C@@H]3CC3=C2C(=O)C=C(C)C3=O)cc(OC)c1O. The number of carbonyl (C=O) groups is 4. The molecule has 7 rings (SSSR count). The summed E-state index contributed by atoms with van der Waals surface area (Å²) in [5.74, 6) is -3.49. The quantitative estimate of drug-likeness (QED) is 0.203. The van der Waals surface area contributed by atoms with Crippen LogP contribution in [-0.4, -0.2) is 42.7 Å². The molecule has 4 atom stereocenters. The van der Waals surface area contributed by atoms with Crippen molar-refractivity contribution in [1.82, 2.24) is 0 Å². The fourth-order valence-electron chi connectivity index (χ4n) is 7.48. The molecule has 3 aliphatic carbocycles. The van der Waals surface area contributed by atoms with Gasteiger partial charge in [0.25, 0.3) is 0 Å². The lowest BCUT2D eigenvalue weighted by Crippen LogP contribution is -2.39. The van der Waals surface area contributed by atoms with Crippen LogP contribution < -0.4 is 19.7 Å². The Morgan fingerprint density at radius 1 is 0.848 bits per heavy atom. The summed E-state index contributed by atoms with van der Waals surface area (Å²) in [4.78, 5) is 56.6. The number of aromatic hydroxyl groups is 1. The van der Waals surface area contributed by atoms with E-state index in [9.17, 15) is 24.3 Å². The molecule has 0 saturated carbocycles. The molecule has 2 N–H and O–H groups in total. The molecule has 0 aromatic heterocycles. The monoisotopic (exact) mass is 616 g/mol. The minimum Gasteiger partial charge on any atom is -0.502 e. The van der Waals surface area contributed by atoms with Crippen LogP contribution in [0.5, 0.6) is 17.2 Å². The summed E-state index contributed by atoms with van der Waals surface area (Å²) in [6.07, 6.45) is 3.80. The molecular weight excluding hydrogens is 584 g/mol. The second-order valence-corrected chi connectivity index (χ2v) is 12.1.